The Bertz CT molecular complexity index is 1580. The zero-order valence-electron chi connectivity index (χ0n) is 46.9. The highest BCUT2D eigenvalue weighted by atomic mass is 31.2. The standard InChI is InChI=1S/C63H109N2O6P/c1-6-8-10-12-14-16-18-20-22-24-25-26-27-28-29-30-31-32-33-34-35-36-37-38-39-41-43-45-47-49-51-53-55-57-63(67)64-61(60-71-72(68,69)70-59-58-65(3,4)5)62(66)56-54-52-50-48-46-44-42-40-23-21-19-17-15-13-11-9-7-2/h8,10,14,16,20,22,25-26,28-29,31-32,34-35,37-38,41,43,47,49,61-62,66H,6-7,9,11-13,15,17-19,21,23-24,27,30,33,36,39-40,42,44-46,48,50-60H2,1-5H3,(H-,64,67,68,69)/p+1/b10-8-,16-14-,22-20-,26-25-,29-28-,32-31-,35-34-,38-37-,43-41-,49-47-. The van der Waals surface area contributed by atoms with E-state index in [0.29, 0.717) is 30.3 Å². The minimum Gasteiger partial charge on any atom is -0.391 e. The number of rotatable bonds is 51. The summed E-state index contributed by atoms with van der Waals surface area (Å²) in [5, 5.41) is 14.0. The average molecular weight is 1020 g/mol. The second kappa shape index (κ2) is 52.8. The minimum absolute atomic E-state index is 0.0595. The monoisotopic (exact) mass is 1020 g/mol. The molecule has 0 aliphatic heterocycles. The first-order chi connectivity index (χ1) is 35.0. The summed E-state index contributed by atoms with van der Waals surface area (Å²) in [5.41, 5.74) is 0. The molecule has 0 saturated heterocycles. The third kappa shape index (κ3) is 54.7. The Morgan fingerprint density at radius 2 is 0.833 bits per heavy atom. The van der Waals surface area contributed by atoms with Gasteiger partial charge < -0.3 is 19.8 Å². The van der Waals surface area contributed by atoms with Crippen LogP contribution in [0.1, 0.15) is 219 Å². The van der Waals surface area contributed by atoms with Crippen molar-refractivity contribution in [2.45, 2.75) is 231 Å². The largest absolute Gasteiger partial charge is 0.472 e. The fourth-order valence-electron chi connectivity index (χ4n) is 7.72. The van der Waals surface area contributed by atoms with Crippen molar-refractivity contribution in [1.82, 2.24) is 5.32 Å². The summed E-state index contributed by atoms with van der Waals surface area (Å²) in [6.45, 7) is 4.73. The molecule has 412 valence electrons. The third-order valence-corrected chi connectivity index (χ3v) is 13.2. The molecule has 0 heterocycles. The molecule has 3 N–H and O–H groups in total. The molecule has 0 aliphatic rings. The molecule has 1 amide bonds. The third-order valence-electron chi connectivity index (χ3n) is 12.2. The summed E-state index contributed by atoms with van der Waals surface area (Å²) < 4.78 is 23.7. The van der Waals surface area contributed by atoms with Gasteiger partial charge in [-0.25, -0.2) is 4.57 Å². The number of unbranched alkanes of at least 4 members (excludes halogenated alkanes) is 18. The summed E-state index contributed by atoms with van der Waals surface area (Å²) in [4.78, 5) is 23.3. The molecule has 0 aromatic rings. The highest BCUT2D eigenvalue weighted by Gasteiger charge is 2.28. The van der Waals surface area contributed by atoms with Gasteiger partial charge in [0.2, 0.25) is 5.91 Å². The van der Waals surface area contributed by atoms with Crippen molar-refractivity contribution in [3.8, 4) is 0 Å². The van der Waals surface area contributed by atoms with E-state index in [0.717, 1.165) is 96.3 Å². The Morgan fingerprint density at radius 1 is 0.486 bits per heavy atom. The van der Waals surface area contributed by atoms with Gasteiger partial charge in [0.15, 0.2) is 0 Å². The first-order valence-corrected chi connectivity index (χ1v) is 30.4. The highest BCUT2D eigenvalue weighted by Crippen LogP contribution is 2.43. The average Bonchev–Trinajstić information content (AvgIpc) is 3.34. The van der Waals surface area contributed by atoms with Crippen LogP contribution in [0.2, 0.25) is 0 Å². The SMILES string of the molecule is CC/C=C\C/C=C\C/C=C\C/C=C\C/C=C\C/C=C\C/C=C\C/C=C\C/C=C\C/C=C\CCCCC(=O)NC(COP(=O)(O)OCC[N+](C)(C)C)C(O)CCCCCCCCCCCCCCCCCCC. The zero-order chi connectivity index (χ0) is 52.7. The van der Waals surface area contributed by atoms with Gasteiger partial charge in [-0.15, -0.1) is 0 Å². The number of nitrogens with one attached hydrogen (secondary N) is 1. The molecular formula is C63H110N2O6P+. The summed E-state index contributed by atoms with van der Waals surface area (Å²) in [6, 6.07) is -0.793. The number of hydrogen-bond donors (Lipinski definition) is 3. The molecule has 0 bridgehead atoms. The predicted octanol–water partition coefficient (Wildman–Crippen LogP) is 17.8. The zero-order valence-corrected chi connectivity index (χ0v) is 47.8. The van der Waals surface area contributed by atoms with E-state index in [1.165, 1.54) is 89.9 Å². The predicted molar refractivity (Wildman–Crippen MR) is 313 cm³/mol. The van der Waals surface area contributed by atoms with Crippen LogP contribution in [-0.2, 0) is 18.4 Å². The maximum Gasteiger partial charge on any atom is 0.472 e. The van der Waals surface area contributed by atoms with Gasteiger partial charge in [-0.05, 0) is 89.9 Å². The number of carbonyl (C=O) groups excluding carboxylic acids is 1. The number of hydrogen-bond acceptors (Lipinski definition) is 5. The second-order valence-electron chi connectivity index (χ2n) is 20.3. The number of likely N-dealkylation sites (N-methyl/N-ethyl adjacent to an activating group) is 1. The number of amides is 1. The summed E-state index contributed by atoms with van der Waals surface area (Å²) in [5.74, 6) is -0.191. The van der Waals surface area contributed by atoms with Gasteiger partial charge in [0.05, 0.1) is 39.9 Å². The number of quaternary nitrogens is 1. The molecule has 0 radical (unpaired) electrons. The van der Waals surface area contributed by atoms with Crippen LogP contribution in [0.5, 0.6) is 0 Å². The van der Waals surface area contributed by atoms with Gasteiger partial charge >= 0.3 is 7.82 Å². The fourth-order valence-corrected chi connectivity index (χ4v) is 8.46. The Labute approximate surface area is 444 Å². The number of allylic oxidation sites excluding steroid dienone is 20. The molecule has 3 unspecified atom stereocenters. The van der Waals surface area contributed by atoms with E-state index >= 15 is 0 Å². The van der Waals surface area contributed by atoms with Crippen molar-refractivity contribution in [2.24, 2.45) is 0 Å². The van der Waals surface area contributed by atoms with E-state index < -0.39 is 20.0 Å². The summed E-state index contributed by atoms with van der Waals surface area (Å²) >= 11 is 0. The van der Waals surface area contributed by atoms with Crippen molar-refractivity contribution < 1.29 is 32.9 Å². The Hall–Kier alpha value is -3.10. The van der Waals surface area contributed by atoms with Crippen LogP contribution in [0.4, 0.5) is 0 Å². The molecule has 0 saturated carbocycles. The normalized spacial score (nSPS) is 14.8. The maximum absolute atomic E-state index is 13.0. The van der Waals surface area contributed by atoms with Crippen molar-refractivity contribution >= 4 is 13.7 Å². The number of phosphoric ester groups is 1. The van der Waals surface area contributed by atoms with Crippen molar-refractivity contribution in [1.29, 1.82) is 0 Å². The van der Waals surface area contributed by atoms with Gasteiger partial charge in [-0.2, -0.15) is 0 Å². The first kappa shape index (κ1) is 68.9. The van der Waals surface area contributed by atoms with Crippen LogP contribution in [0, 0.1) is 0 Å². The fraction of sp³-hybridized carbons (Fsp3) is 0.667. The molecule has 9 heteroatoms. The van der Waals surface area contributed by atoms with Gasteiger partial charge in [-0.3, -0.25) is 13.8 Å². The molecule has 3 atom stereocenters. The minimum atomic E-state index is -4.34. The molecule has 0 fully saturated rings. The van der Waals surface area contributed by atoms with Crippen molar-refractivity contribution in [3.63, 3.8) is 0 Å². The Balaban J connectivity index is 4.30. The number of nitrogens with zero attached hydrogens (tertiary/aromatic N) is 1. The van der Waals surface area contributed by atoms with E-state index in [4.69, 9.17) is 9.05 Å². The van der Waals surface area contributed by atoms with Gasteiger partial charge in [0, 0.05) is 6.42 Å². The van der Waals surface area contributed by atoms with E-state index in [-0.39, 0.29) is 19.1 Å². The van der Waals surface area contributed by atoms with Gasteiger partial charge in [-0.1, -0.05) is 245 Å². The lowest BCUT2D eigenvalue weighted by atomic mass is 10.0. The lowest BCUT2D eigenvalue weighted by Crippen LogP contribution is -2.46. The molecule has 0 rings (SSSR count). The van der Waals surface area contributed by atoms with Crippen LogP contribution in [0.3, 0.4) is 0 Å². The number of aliphatic hydroxyl groups excluding tert-OH is 1. The van der Waals surface area contributed by atoms with E-state index in [9.17, 15) is 19.4 Å². The van der Waals surface area contributed by atoms with E-state index in [2.05, 4.69) is 141 Å². The first-order valence-electron chi connectivity index (χ1n) is 28.9. The smallest absolute Gasteiger partial charge is 0.391 e. The number of aliphatic hydroxyl groups is 1. The van der Waals surface area contributed by atoms with Crippen molar-refractivity contribution in [3.05, 3.63) is 122 Å². The number of carbonyl (C=O) groups is 1. The summed E-state index contributed by atoms with van der Waals surface area (Å²) in [7, 11) is 1.57. The van der Waals surface area contributed by atoms with Crippen LogP contribution in [0.15, 0.2) is 122 Å². The second-order valence-corrected chi connectivity index (χ2v) is 21.7. The van der Waals surface area contributed by atoms with Crippen LogP contribution in [0.25, 0.3) is 0 Å². The Kier molecular flexibility index (Phi) is 50.5. The van der Waals surface area contributed by atoms with Gasteiger partial charge in [0.25, 0.3) is 0 Å². The Morgan fingerprint density at radius 3 is 1.19 bits per heavy atom. The molecule has 0 aliphatic carbocycles. The topological polar surface area (TPSA) is 105 Å². The molecule has 0 aromatic carbocycles. The molecular weight excluding hydrogens is 912 g/mol. The van der Waals surface area contributed by atoms with E-state index in [1.807, 2.05) is 21.1 Å². The molecule has 0 aromatic heterocycles. The molecule has 72 heavy (non-hydrogen) atoms. The number of phosphoric acid groups is 1. The highest BCUT2D eigenvalue weighted by molar-refractivity contribution is 7.47. The lowest BCUT2D eigenvalue weighted by Gasteiger charge is -2.26. The maximum atomic E-state index is 13.0. The van der Waals surface area contributed by atoms with Gasteiger partial charge in [0.1, 0.15) is 13.2 Å². The van der Waals surface area contributed by atoms with Crippen molar-refractivity contribution in [2.75, 3.05) is 40.9 Å². The summed E-state index contributed by atoms with van der Waals surface area (Å²) in [6.07, 6.45) is 78.3. The van der Waals surface area contributed by atoms with Crippen LogP contribution >= 0.6 is 7.82 Å². The van der Waals surface area contributed by atoms with Crippen LogP contribution in [-0.4, -0.2) is 73.4 Å². The van der Waals surface area contributed by atoms with E-state index in [1.54, 1.807) is 0 Å². The molecule has 0 spiro atoms. The quantitative estimate of drug-likeness (QED) is 0.0243. The molecule has 8 nitrogen and oxygen atoms in total. The lowest BCUT2D eigenvalue weighted by molar-refractivity contribution is -0.870. The van der Waals surface area contributed by atoms with Crippen LogP contribution < -0.4 is 5.32 Å².